The smallest absolute Gasteiger partial charge is 0.309 e. The summed E-state index contributed by atoms with van der Waals surface area (Å²) in [5, 5.41) is 2.89. The number of carbonyl (C=O) groups is 2. The van der Waals surface area contributed by atoms with Crippen LogP contribution in [0.1, 0.15) is 37.3 Å². The van der Waals surface area contributed by atoms with E-state index >= 15 is 0 Å². The van der Waals surface area contributed by atoms with Crippen molar-refractivity contribution in [2.45, 2.75) is 52.2 Å². The van der Waals surface area contributed by atoms with Gasteiger partial charge in [0.1, 0.15) is 0 Å². The Labute approximate surface area is 148 Å². The average Bonchev–Trinajstić information content (AvgIpc) is 3.05. The van der Waals surface area contributed by atoms with Crippen LogP contribution in [0, 0.1) is 25.7 Å². The van der Waals surface area contributed by atoms with Crippen LogP contribution in [-0.2, 0) is 14.3 Å². The molecule has 25 heavy (non-hydrogen) atoms. The van der Waals surface area contributed by atoms with Gasteiger partial charge in [-0.2, -0.15) is 0 Å². The molecule has 0 spiro atoms. The highest BCUT2D eigenvalue weighted by Gasteiger charge is 2.37. The van der Waals surface area contributed by atoms with E-state index in [1.54, 1.807) is 6.92 Å². The van der Waals surface area contributed by atoms with Crippen LogP contribution >= 0.6 is 0 Å². The number of fused-ring (bicyclic) bond motifs is 1. The Morgan fingerprint density at radius 1 is 1.24 bits per heavy atom. The molecule has 0 aromatic heterocycles. The van der Waals surface area contributed by atoms with Gasteiger partial charge in [0.15, 0.2) is 6.10 Å². The zero-order valence-electron chi connectivity index (χ0n) is 15.1. The maximum atomic E-state index is 12.4. The number of nitrogens with one attached hydrogen (secondary N) is 3. The first kappa shape index (κ1) is 17.9. The van der Waals surface area contributed by atoms with Crippen LogP contribution in [-0.4, -0.2) is 30.6 Å². The van der Waals surface area contributed by atoms with Gasteiger partial charge in [-0.25, -0.2) is 0 Å². The van der Waals surface area contributed by atoms with Crippen molar-refractivity contribution >= 4 is 17.6 Å². The number of amides is 1. The van der Waals surface area contributed by atoms with Crippen LogP contribution in [0.25, 0.3) is 0 Å². The number of anilines is 1. The Kier molecular flexibility index (Phi) is 5.39. The summed E-state index contributed by atoms with van der Waals surface area (Å²) >= 11 is 0. The van der Waals surface area contributed by atoms with Crippen LogP contribution < -0.4 is 16.2 Å². The molecule has 0 bridgehead atoms. The lowest BCUT2D eigenvalue weighted by Gasteiger charge is -2.30. The first-order valence-corrected chi connectivity index (χ1v) is 9.01. The van der Waals surface area contributed by atoms with Gasteiger partial charge in [0.05, 0.1) is 5.92 Å². The normalized spacial score (nSPS) is 26.6. The van der Waals surface area contributed by atoms with E-state index in [2.05, 4.69) is 16.2 Å². The number of esters is 1. The second-order valence-electron chi connectivity index (χ2n) is 7.24. The van der Waals surface area contributed by atoms with E-state index in [9.17, 15) is 9.59 Å². The lowest BCUT2D eigenvalue weighted by Crippen LogP contribution is -2.40. The summed E-state index contributed by atoms with van der Waals surface area (Å²) in [6, 6.07) is 6.16. The van der Waals surface area contributed by atoms with Crippen molar-refractivity contribution in [2.75, 3.05) is 11.9 Å². The number of aryl methyl sites for hydroxylation is 2. The molecule has 2 fully saturated rings. The zero-order chi connectivity index (χ0) is 18.0. The summed E-state index contributed by atoms with van der Waals surface area (Å²) in [7, 11) is 0. The maximum absolute atomic E-state index is 12.4. The topological polar surface area (TPSA) is 79.5 Å². The third-order valence-electron chi connectivity index (χ3n) is 5.37. The van der Waals surface area contributed by atoms with Crippen LogP contribution in [0.4, 0.5) is 5.69 Å². The van der Waals surface area contributed by atoms with Crippen molar-refractivity contribution in [2.24, 2.45) is 11.8 Å². The van der Waals surface area contributed by atoms with Gasteiger partial charge in [0.2, 0.25) is 0 Å². The van der Waals surface area contributed by atoms with E-state index in [-0.39, 0.29) is 17.8 Å². The number of para-hydroxylation sites is 1. The molecule has 1 heterocycles. The number of hydrogen-bond donors (Lipinski definition) is 3. The second kappa shape index (κ2) is 7.54. The highest BCUT2D eigenvalue weighted by Crippen LogP contribution is 2.31. The van der Waals surface area contributed by atoms with Gasteiger partial charge in [0.25, 0.3) is 5.91 Å². The van der Waals surface area contributed by atoms with Gasteiger partial charge >= 0.3 is 5.97 Å². The highest BCUT2D eigenvalue weighted by atomic mass is 16.5. The second-order valence-corrected chi connectivity index (χ2v) is 7.24. The molecule has 3 N–H and O–H groups in total. The van der Waals surface area contributed by atoms with E-state index < -0.39 is 6.10 Å². The van der Waals surface area contributed by atoms with E-state index in [1.807, 2.05) is 32.0 Å². The molecule has 3 rings (SSSR count). The predicted molar refractivity (Wildman–Crippen MR) is 95.9 cm³/mol. The molecular weight excluding hydrogens is 318 g/mol. The third-order valence-corrected chi connectivity index (χ3v) is 5.37. The number of benzene rings is 1. The lowest BCUT2D eigenvalue weighted by atomic mass is 9.79. The maximum Gasteiger partial charge on any atom is 0.309 e. The number of hydrazine groups is 1. The summed E-state index contributed by atoms with van der Waals surface area (Å²) < 4.78 is 5.45. The molecule has 1 aromatic carbocycles. The number of rotatable bonds is 4. The van der Waals surface area contributed by atoms with Crippen molar-refractivity contribution in [3.05, 3.63) is 29.3 Å². The molecule has 1 amide bonds. The summed E-state index contributed by atoms with van der Waals surface area (Å²) in [6.45, 7) is 6.48. The van der Waals surface area contributed by atoms with Crippen molar-refractivity contribution in [3.8, 4) is 0 Å². The first-order valence-electron chi connectivity index (χ1n) is 9.01. The molecule has 4 unspecified atom stereocenters. The fraction of sp³-hybridized carbons (Fsp3) is 0.579. The van der Waals surface area contributed by atoms with Crippen LogP contribution in [0.15, 0.2) is 18.2 Å². The predicted octanol–water partition coefficient (Wildman–Crippen LogP) is 2.07. The van der Waals surface area contributed by atoms with Crippen LogP contribution in [0.3, 0.4) is 0 Å². The zero-order valence-corrected chi connectivity index (χ0v) is 15.1. The lowest BCUT2D eigenvalue weighted by molar-refractivity contribution is -0.158. The van der Waals surface area contributed by atoms with E-state index in [0.29, 0.717) is 12.0 Å². The van der Waals surface area contributed by atoms with E-state index in [1.165, 1.54) is 0 Å². The number of ether oxygens (including phenoxy) is 1. The van der Waals surface area contributed by atoms with Gasteiger partial charge in [-0.05, 0) is 57.1 Å². The Bertz CT molecular complexity index is 641. The Morgan fingerprint density at radius 2 is 1.96 bits per heavy atom. The standard InChI is InChI=1S/C19H27N3O3/c1-11-5-4-6-12(2)17(11)21-18(23)13(3)25-19(24)14-7-8-15-10-20-22-16(15)9-14/h4-6,13-16,20,22H,7-10H2,1-3H3,(H,21,23). The molecule has 0 radical (unpaired) electrons. The van der Waals surface area contributed by atoms with Gasteiger partial charge in [-0.15, -0.1) is 0 Å². The van der Waals surface area contributed by atoms with Crippen molar-refractivity contribution < 1.29 is 14.3 Å². The number of hydrogen-bond acceptors (Lipinski definition) is 5. The van der Waals surface area contributed by atoms with E-state index in [4.69, 9.17) is 4.74 Å². The fourth-order valence-corrected chi connectivity index (χ4v) is 3.75. The molecular formula is C19H27N3O3. The van der Waals surface area contributed by atoms with Gasteiger partial charge in [-0.3, -0.25) is 20.4 Å². The monoisotopic (exact) mass is 345 g/mol. The molecule has 4 atom stereocenters. The van der Waals surface area contributed by atoms with Crippen molar-refractivity contribution in [3.63, 3.8) is 0 Å². The quantitative estimate of drug-likeness (QED) is 0.728. The summed E-state index contributed by atoms with van der Waals surface area (Å²) in [5.74, 6) is -0.102. The largest absolute Gasteiger partial charge is 0.452 e. The van der Waals surface area contributed by atoms with Crippen molar-refractivity contribution in [1.29, 1.82) is 0 Å². The minimum absolute atomic E-state index is 0.135. The van der Waals surface area contributed by atoms with Crippen LogP contribution in [0.2, 0.25) is 0 Å². The molecule has 1 saturated heterocycles. The summed E-state index contributed by atoms with van der Waals surface area (Å²) in [5.41, 5.74) is 9.15. The minimum atomic E-state index is -0.807. The molecule has 1 aliphatic heterocycles. The third kappa shape index (κ3) is 4.02. The fourth-order valence-electron chi connectivity index (χ4n) is 3.75. The Balaban J connectivity index is 1.55. The highest BCUT2D eigenvalue weighted by molar-refractivity contribution is 5.96. The minimum Gasteiger partial charge on any atom is -0.452 e. The first-order chi connectivity index (χ1) is 12.0. The van der Waals surface area contributed by atoms with E-state index in [0.717, 1.165) is 42.6 Å². The molecule has 1 saturated carbocycles. The summed E-state index contributed by atoms with van der Waals surface area (Å²) in [4.78, 5) is 24.8. The van der Waals surface area contributed by atoms with Gasteiger partial charge in [0, 0.05) is 18.3 Å². The molecule has 6 heteroatoms. The van der Waals surface area contributed by atoms with Gasteiger partial charge < -0.3 is 10.1 Å². The molecule has 2 aliphatic rings. The van der Waals surface area contributed by atoms with Crippen LogP contribution in [0.5, 0.6) is 0 Å². The molecule has 136 valence electrons. The van der Waals surface area contributed by atoms with Gasteiger partial charge in [-0.1, -0.05) is 18.2 Å². The molecule has 1 aliphatic carbocycles. The SMILES string of the molecule is Cc1cccc(C)c1NC(=O)C(C)OC(=O)C1CCC2CNNC2C1. The molecule has 1 aromatic rings. The van der Waals surface area contributed by atoms with Crippen molar-refractivity contribution in [1.82, 2.24) is 10.9 Å². The summed E-state index contributed by atoms with van der Waals surface area (Å²) in [6.07, 6.45) is 1.79. The Hall–Kier alpha value is -1.92. The number of carbonyl (C=O) groups excluding carboxylic acids is 2. The molecule has 6 nitrogen and oxygen atoms in total. The average molecular weight is 345 g/mol. The Morgan fingerprint density at radius 3 is 2.68 bits per heavy atom.